The summed E-state index contributed by atoms with van der Waals surface area (Å²) < 4.78 is 1.77. The van der Waals surface area contributed by atoms with E-state index in [1.165, 1.54) is 0 Å². The van der Waals surface area contributed by atoms with Gasteiger partial charge in [0.2, 0.25) is 5.91 Å². The van der Waals surface area contributed by atoms with Crippen molar-refractivity contribution in [3.8, 4) is 11.1 Å². The molecule has 0 aliphatic heterocycles. The Labute approximate surface area is 146 Å². The van der Waals surface area contributed by atoms with Crippen molar-refractivity contribution in [3.05, 3.63) is 36.7 Å². The van der Waals surface area contributed by atoms with Crippen LogP contribution in [0.5, 0.6) is 0 Å². The first-order chi connectivity index (χ1) is 12.1. The van der Waals surface area contributed by atoms with E-state index in [4.69, 9.17) is 0 Å². The Bertz CT molecular complexity index is 884. The summed E-state index contributed by atoms with van der Waals surface area (Å²) in [5.74, 6) is 0.383. The Morgan fingerprint density at radius 1 is 1.16 bits per heavy atom. The fourth-order valence-electron chi connectivity index (χ4n) is 2.69. The summed E-state index contributed by atoms with van der Waals surface area (Å²) in [5.41, 5.74) is 2.87. The number of hydrogen-bond donors (Lipinski definition) is 1. The third kappa shape index (κ3) is 4.00. The summed E-state index contributed by atoms with van der Waals surface area (Å²) in [6.07, 6.45) is 3.78. The molecule has 0 unspecified atom stereocenters. The summed E-state index contributed by atoms with van der Waals surface area (Å²) >= 11 is 0. The molecule has 2 aromatic heterocycles. The molecule has 1 aromatic carbocycles. The fraction of sp³-hybridized carbons (Fsp3) is 0.333. The Morgan fingerprint density at radius 3 is 2.64 bits per heavy atom. The van der Waals surface area contributed by atoms with Crippen LogP contribution in [0.3, 0.4) is 0 Å². The predicted molar refractivity (Wildman–Crippen MR) is 98.2 cm³/mol. The van der Waals surface area contributed by atoms with Crippen molar-refractivity contribution >= 4 is 22.6 Å². The molecule has 0 aliphatic carbocycles. The van der Waals surface area contributed by atoms with Crippen LogP contribution in [0.4, 0.5) is 5.82 Å². The van der Waals surface area contributed by atoms with E-state index in [-0.39, 0.29) is 5.91 Å². The van der Waals surface area contributed by atoms with Crippen LogP contribution in [0.15, 0.2) is 36.7 Å². The van der Waals surface area contributed by atoms with Gasteiger partial charge in [-0.3, -0.25) is 14.4 Å². The number of nitrogens with one attached hydrogen (secondary N) is 1. The molecule has 0 spiro atoms. The molecule has 0 fully saturated rings. The first-order valence-corrected chi connectivity index (χ1v) is 8.37. The topological polar surface area (TPSA) is 75.9 Å². The normalized spacial score (nSPS) is 11.2. The SMILES string of the molecule is CCN(CC)CC(=O)Nc1cc2cc(-c3cnn(C)c3)ccc2nn1. The minimum atomic E-state index is -0.0826. The van der Waals surface area contributed by atoms with E-state index in [0.717, 1.165) is 35.1 Å². The summed E-state index contributed by atoms with van der Waals surface area (Å²) in [6, 6.07) is 7.79. The highest BCUT2D eigenvalue weighted by Crippen LogP contribution is 2.23. The van der Waals surface area contributed by atoms with Crippen molar-refractivity contribution in [2.24, 2.45) is 7.05 Å². The Kier molecular flexibility index (Phi) is 5.04. The largest absolute Gasteiger partial charge is 0.308 e. The number of carbonyl (C=O) groups excluding carboxylic acids is 1. The Balaban J connectivity index is 1.82. The molecule has 1 N–H and O–H groups in total. The number of anilines is 1. The van der Waals surface area contributed by atoms with Crippen molar-refractivity contribution in [3.63, 3.8) is 0 Å². The lowest BCUT2D eigenvalue weighted by Crippen LogP contribution is -2.33. The number of nitrogens with zero attached hydrogens (tertiary/aromatic N) is 5. The first-order valence-electron chi connectivity index (χ1n) is 8.37. The third-order valence-electron chi connectivity index (χ3n) is 4.15. The molecule has 2 heterocycles. The van der Waals surface area contributed by atoms with Crippen molar-refractivity contribution in [1.82, 2.24) is 24.9 Å². The van der Waals surface area contributed by atoms with Gasteiger partial charge in [0, 0.05) is 24.2 Å². The van der Waals surface area contributed by atoms with Gasteiger partial charge in [-0.1, -0.05) is 19.9 Å². The first kappa shape index (κ1) is 17.0. The number of fused-ring (bicyclic) bond motifs is 1. The minimum Gasteiger partial charge on any atom is -0.308 e. The summed E-state index contributed by atoms with van der Waals surface area (Å²) in [6.45, 7) is 6.09. The van der Waals surface area contributed by atoms with Crippen LogP contribution in [0.2, 0.25) is 0 Å². The van der Waals surface area contributed by atoms with Crippen LogP contribution in [-0.4, -0.2) is 50.4 Å². The third-order valence-corrected chi connectivity index (χ3v) is 4.15. The second kappa shape index (κ2) is 7.40. The maximum atomic E-state index is 12.1. The average molecular weight is 338 g/mol. The van der Waals surface area contributed by atoms with E-state index >= 15 is 0 Å². The van der Waals surface area contributed by atoms with Crippen LogP contribution < -0.4 is 5.32 Å². The van der Waals surface area contributed by atoms with Crippen molar-refractivity contribution in [2.75, 3.05) is 25.0 Å². The number of benzene rings is 1. The molecule has 0 saturated heterocycles. The number of carbonyl (C=O) groups is 1. The van der Waals surface area contributed by atoms with Crippen molar-refractivity contribution in [2.45, 2.75) is 13.8 Å². The van der Waals surface area contributed by atoms with Gasteiger partial charge in [0.1, 0.15) is 0 Å². The Hall–Kier alpha value is -2.80. The summed E-state index contributed by atoms with van der Waals surface area (Å²) in [4.78, 5) is 14.2. The lowest BCUT2D eigenvalue weighted by Gasteiger charge is -2.16. The highest BCUT2D eigenvalue weighted by molar-refractivity contribution is 5.93. The zero-order valence-electron chi connectivity index (χ0n) is 14.7. The Morgan fingerprint density at radius 2 is 1.96 bits per heavy atom. The van der Waals surface area contributed by atoms with Gasteiger partial charge >= 0.3 is 0 Å². The summed E-state index contributed by atoms with van der Waals surface area (Å²) in [5, 5.41) is 16.2. The number of hydrogen-bond acceptors (Lipinski definition) is 5. The van der Waals surface area contributed by atoms with Crippen LogP contribution >= 0.6 is 0 Å². The van der Waals surface area contributed by atoms with Gasteiger partial charge < -0.3 is 5.32 Å². The molecule has 0 aliphatic rings. The van der Waals surface area contributed by atoms with E-state index in [0.29, 0.717) is 12.4 Å². The minimum absolute atomic E-state index is 0.0826. The average Bonchev–Trinajstić information content (AvgIpc) is 3.05. The zero-order valence-corrected chi connectivity index (χ0v) is 14.7. The molecule has 0 atom stereocenters. The molecule has 25 heavy (non-hydrogen) atoms. The maximum absolute atomic E-state index is 12.1. The van der Waals surface area contributed by atoms with E-state index in [2.05, 4.69) is 20.6 Å². The molecular weight excluding hydrogens is 316 g/mol. The molecule has 3 aromatic rings. The van der Waals surface area contributed by atoms with Gasteiger partial charge in [-0.25, -0.2) is 0 Å². The zero-order chi connectivity index (χ0) is 17.8. The van der Waals surface area contributed by atoms with Crippen molar-refractivity contribution < 1.29 is 4.79 Å². The van der Waals surface area contributed by atoms with Gasteiger partial charge in [0.15, 0.2) is 5.82 Å². The number of likely N-dealkylation sites (N-methyl/N-ethyl adjacent to an activating group) is 1. The smallest absolute Gasteiger partial charge is 0.239 e. The standard InChI is InChI=1S/C18H22N6O/c1-4-24(5-2)12-18(25)20-17-9-14-8-13(6-7-16(14)21-22-17)15-10-19-23(3)11-15/h6-11H,4-5,12H2,1-3H3,(H,20,22,25). The molecule has 3 rings (SSSR count). The van der Waals surface area contributed by atoms with Gasteiger partial charge in [0.25, 0.3) is 0 Å². The van der Waals surface area contributed by atoms with Gasteiger partial charge in [-0.15, -0.1) is 10.2 Å². The molecule has 1 amide bonds. The molecule has 0 radical (unpaired) electrons. The van der Waals surface area contributed by atoms with E-state index < -0.39 is 0 Å². The van der Waals surface area contributed by atoms with E-state index in [9.17, 15) is 4.79 Å². The quantitative estimate of drug-likeness (QED) is 0.746. The van der Waals surface area contributed by atoms with Crippen LogP contribution in [0.25, 0.3) is 22.0 Å². The molecular formula is C18H22N6O. The summed E-state index contributed by atoms with van der Waals surface area (Å²) in [7, 11) is 1.89. The fourth-order valence-corrected chi connectivity index (χ4v) is 2.69. The number of aromatic nitrogens is 4. The lowest BCUT2D eigenvalue weighted by molar-refractivity contribution is -0.117. The number of aryl methyl sites for hydroxylation is 1. The molecule has 7 nitrogen and oxygen atoms in total. The molecule has 0 saturated carbocycles. The second-order valence-corrected chi connectivity index (χ2v) is 5.92. The van der Waals surface area contributed by atoms with E-state index in [1.54, 1.807) is 4.68 Å². The molecule has 0 bridgehead atoms. The monoisotopic (exact) mass is 338 g/mol. The molecule has 7 heteroatoms. The maximum Gasteiger partial charge on any atom is 0.239 e. The highest BCUT2D eigenvalue weighted by Gasteiger charge is 2.10. The lowest BCUT2D eigenvalue weighted by atomic mass is 10.1. The molecule has 130 valence electrons. The predicted octanol–water partition coefficient (Wildman–Crippen LogP) is 2.31. The number of rotatable bonds is 6. The van der Waals surface area contributed by atoms with Crippen LogP contribution in [0.1, 0.15) is 13.8 Å². The second-order valence-electron chi connectivity index (χ2n) is 5.92. The van der Waals surface area contributed by atoms with Crippen molar-refractivity contribution in [1.29, 1.82) is 0 Å². The van der Waals surface area contributed by atoms with Crippen LogP contribution in [0, 0.1) is 0 Å². The van der Waals surface area contributed by atoms with Crippen LogP contribution in [-0.2, 0) is 11.8 Å². The number of amides is 1. The van der Waals surface area contributed by atoms with Gasteiger partial charge in [0.05, 0.1) is 18.3 Å². The van der Waals surface area contributed by atoms with Gasteiger partial charge in [-0.05, 0) is 36.9 Å². The highest BCUT2D eigenvalue weighted by atomic mass is 16.2. The van der Waals surface area contributed by atoms with Gasteiger partial charge in [-0.2, -0.15) is 5.10 Å². The van der Waals surface area contributed by atoms with E-state index in [1.807, 2.05) is 62.5 Å².